The molecule has 0 saturated heterocycles. The van der Waals surface area contributed by atoms with Gasteiger partial charge in [0, 0.05) is 11.7 Å². The summed E-state index contributed by atoms with van der Waals surface area (Å²) in [6.45, 7) is 9.31. The molecule has 1 atom stereocenters. The summed E-state index contributed by atoms with van der Waals surface area (Å²) in [6.07, 6.45) is 2.94. The molecule has 2 heterocycles. The normalized spacial score (nSPS) is 12.6. The van der Waals surface area contributed by atoms with Crippen LogP contribution in [0.1, 0.15) is 43.4 Å². The average molecular weight is 258 g/mol. The van der Waals surface area contributed by atoms with E-state index in [-0.39, 0.29) is 0 Å². The van der Waals surface area contributed by atoms with E-state index in [0.717, 1.165) is 35.7 Å². The van der Waals surface area contributed by atoms with E-state index >= 15 is 0 Å². The van der Waals surface area contributed by atoms with Gasteiger partial charge in [-0.2, -0.15) is 5.10 Å². The van der Waals surface area contributed by atoms with Crippen LogP contribution in [0.25, 0.3) is 5.69 Å². The molecule has 0 aliphatic rings. The number of hydrogen-bond acceptors (Lipinski definition) is 3. The van der Waals surface area contributed by atoms with Crippen LogP contribution in [0.3, 0.4) is 0 Å². The Hall–Kier alpha value is -1.68. The summed E-state index contributed by atoms with van der Waals surface area (Å²) in [5.41, 5.74) is 4.27. The fourth-order valence-corrected chi connectivity index (χ4v) is 2.32. The average Bonchev–Trinajstić information content (AvgIpc) is 2.75. The van der Waals surface area contributed by atoms with Crippen molar-refractivity contribution in [2.24, 2.45) is 0 Å². The Bertz CT molecular complexity index is 528. The van der Waals surface area contributed by atoms with E-state index in [2.05, 4.69) is 54.4 Å². The van der Waals surface area contributed by atoms with Crippen LogP contribution in [0.2, 0.25) is 0 Å². The molecule has 0 aliphatic carbocycles. The summed E-state index contributed by atoms with van der Waals surface area (Å²) in [5, 5.41) is 7.91. The standard InChI is InChI=1S/C15H22N4/c1-5-14(16-6-2)15-8-7-13(10-17-15)19-12(4)9-11(3)18-19/h7-10,14,16H,5-6H2,1-4H3. The van der Waals surface area contributed by atoms with E-state index in [0.29, 0.717) is 6.04 Å². The fraction of sp³-hybridized carbons (Fsp3) is 0.467. The Morgan fingerprint density at radius 1 is 1.26 bits per heavy atom. The van der Waals surface area contributed by atoms with Gasteiger partial charge in [0.25, 0.3) is 0 Å². The number of aromatic nitrogens is 3. The molecule has 0 bridgehead atoms. The lowest BCUT2D eigenvalue weighted by Crippen LogP contribution is -2.21. The van der Waals surface area contributed by atoms with Gasteiger partial charge < -0.3 is 5.32 Å². The van der Waals surface area contributed by atoms with Crippen molar-refractivity contribution in [2.45, 2.75) is 40.2 Å². The van der Waals surface area contributed by atoms with E-state index in [9.17, 15) is 0 Å². The predicted octanol–water partition coefficient (Wildman–Crippen LogP) is 2.94. The zero-order valence-electron chi connectivity index (χ0n) is 12.1. The molecule has 4 heteroatoms. The van der Waals surface area contributed by atoms with Crippen molar-refractivity contribution in [1.82, 2.24) is 20.1 Å². The number of aryl methyl sites for hydroxylation is 2. The number of nitrogens with one attached hydrogen (secondary N) is 1. The minimum absolute atomic E-state index is 0.333. The lowest BCUT2D eigenvalue weighted by molar-refractivity contribution is 0.524. The van der Waals surface area contributed by atoms with Crippen LogP contribution < -0.4 is 5.32 Å². The Kier molecular flexibility index (Phi) is 4.32. The van der Waals surface area contributed by atoms with Gasteiger partial charge in [-0.3, -0.25) is 4.98 Å². The van der Waals surface area contributed by atoms with Crippen LogP contribution in [0, 0.1) is 13.8 Å². The van der Waals surface area contributed by atoms with Crippen LogP contribution in [0.5, 0.6) is 0 Å². The van der Waals surface area contributed by atoms with Gasteiger partial charge >= 0.3 is 0 Å². The summed E-state index contributed by atoms with van der Waals surface area (Å²) >= 11 is 0. The van der Waals surface area contributed by atoms with E-state index in [4.69, 9.17) is 0 Å². The first-order chi connectivity index (χ1) is 9.15. The third-order valence-corrected chi connectivity index (χ3v) is 3.24. The summed E-state index contributed by atoms with van der Waals surface area (Å²) in [4.78, 5) is 4.57. The number of hydrogen-bond donors (Lipinski definition) is 1. The van der Waals surface area contributed by atoms with Gasteiger partial charge in [0.2, 0.25) is 0 Å². The Morgan fingerprint density at radius 3 is 2.53 bits per heavy atom. The Morgan fingerprint density at radius 2 is 2.05 bits per heavy atom. The number of rotatable bonds is 5. The van der Waals surface area contributed by atoms with Crippen molar-refractivity contribution < 1.29 is 0 Å². The summed E-state index contributed by atoms with van der Waals surface area (Å²) in [5.74, 6) is 0. The van der Waals surface area contributed by atoms with Crippen LogP contribution >= 0.6 is 0 Å². The van der Waals surface area contributed by atoms with Crippen molar-refractivity contribution in [3.05, 3.63) is 41.5 Å². The summed E-state index contributed by atoms with van der Waals surface area (Å²) in [6, 6.07) is 6.57. The van der Waals surface area contributed by atoms with Gasteiger partial charge in [0.05, 0.1) is 23.3 Å². The largest absolute Gasteiger partial charge is 0.309 e. The molecule has 0 fully saturated rings. The molecule has 2 rings (SSSR count). The molecule has 0 spiro atoms. The van der Waals surface area contributed by atoms with E-state index < -0.39 is 0 Å². The van der Waals surface area contributed by atoms with Crippen molar-refractivity contribution in [3.63, 3.8) is 0 Å². The van der Waals surface area contributed by atoms with Crippen molar-refractivity contribution in [3.8, 4) is 5.69 Å². The van der Waals surface area contributed by atoms with Gasteiger partial charge in [-0.1, -0.05) is 13.8 Å². The summed E-state index contributed by atoms with van der Waals surface area (Å²) < 4.78 is 1.93. The molecule has 0 saturated carbocycles. The van der Waals surface area contributed by atoms with Gasteiger partial charge in [0.15, 0.2) is 0 Å². The maximum absolute atomic E-state index is 4.57. The minimum atomic E-state index is 0.333. The molecule has 1 N–H and O–H groups in total. The molecular formula is C15H22N4. The Balaban J connectivity index is 2.25. The van der Waals surface area contributed by atoms with Gasteiger partial charge in [-0.25, -0.2) is 4.68 Å². The highest BCUT2D eigenvalue weighted by Crippen LogP contribution is 2.16. The number of nitrogens with zero attached hydrogens (tertiary/aromatic N) is 3. The maximum atomic E-state index is 4.57. The van der Waals surface area contributed by atoms with E-state index in [1.165, 1.54) is 0 Å². The molecule has 0 aliphatic heterocycles. The smallest absolute Gasteiger partial charge is 0.0832 e. The zero-order chi connectivity index (χ0) is 13.8. The Labute approximate surface area is 114 Å². The van der Waals surface area contributed by atoms with Gasteiger partial charge in [-0.05, 0) is 45.0 Å². The van der Waals surface area contributed by atoms with E-state index in [1.54, 1.807) is 0 Å². The topological polar surface area (TPSA) is 42.7 Å². The SMILES string of the molecule is CCNC(CC)c1ccc(-n2nc(C)cc2C)cn1. The van der Waals surface area contributed by atoms with Crippen LogP contribution in [-0.4, -0.2) is 21.3 Å². The second kappa shape index (κ2) is 5.97. The summed E-state index contributed by atoms with van der Waals surface area (Å²) in [7, 11) is 0. The monoisotopic (exact) mass is 258 g/mol. The zero-order valence-corrected chi connectivity index (χ0v) is 12.1. The van der Waals surface area contributed by atoms with Crippen LogP contribution in [0.15, 0.2) is 24.4 Å². The minimum Gasteiger partial charge on any atom is -0.309 e. The molecule has 2 aromatic heterocycles. The molecule has 1 unspecified atom stereocenters. The van der Waals surface area contributed by atoms with Crippen molar-refractivity contribution >= 4 is 0 Å². The predicted molar refractivity (Wildman–Crippen MR) is 77.5 cm³/mol. The first kappa shape index (κ1) is 13.7. The molecule has 2 aromatic rings. The fourth-order valence-electron chi connectivity index (χ4n) is 2.32. The van der Waals surface area contributed by atoms with E-state index in [1.807, 2.05) is 17.8 Å². The molecular weight excluding hydrogens is 236 g/mol. The molecule has 0 amide bonds. The van der Waals surface area contributed by atoms with Gasteiger partial charge in [-0.15, -0.1) is 0 Å². The van der Waals surface area contributed by atoms with Crippen LogP contribution in [0.4, 0.5) is 0 Å². The first-order valence-electron chi connectivity index (χ1n) is 6.88. The molecule has 4 nitrogen and oxygen atoms in total. The lowest BCUT2D eigenvalue weighted by atomic mass is 10.1. The number of pyridine rings is 1. The lowest BCUT2D eigenvalue weighted by Gasteiger charge is -2.15. The molecule has 0 radical (unpaired) electrons. The third kappa shape index (κ3) is 3.01. The van der Waals surface area contributed by atoms with Crippen molar-refractivity contribution in [1.29, 1.82) is 0 Å². The molecule has 102 valence electrons. The molecule has 0 aromatic carbocycles. The van der Waals surface area contributed by atoms with Gasteiger partial charge in [0.1, 0.15) is 0 Å². The second-order valence-corrected chi connectivity index (χ2v) is 4.80. The highest BCUT2D eigenvalue weighted by atomic mass is 15.3. The van der Waals surface area contributed by atoms with Crippen molar-refractivity contribution in [2.75, 3.05) is 6.54 Å². The first-order valence-corrected chi connectivity index (χ1v) is 6.88. The second-order valence-electron chi connectivity index (χ2n) is 4.80. The molecule has 19 heavy (non-hydrogen) atoms. The third-order valence-electron chi connectivity index (χ3n) is 3.24. The maximum Gasteiger partial charge on any atom is 0.0832 e. The van der Waals surface area contributed by atoms with Crippen LogP contribution in [-0.2, 0) is 0 Å². The highest BCUT2D eigenvalue weighted by molar-refractivity contribution is 5.32. The quantitative estimate of drug-likeness (QED) is 0.896. The highest BCUT2D eigenvalue weighted by Gasteiger charge is 2.10.